The molecule has 0 heterocycles. The Morgan fingerprint density at radius 3 is 2.64 bits per heavy atom. The van der Waals surface area contributed by atoms with Crippen molar-refractivity contribution >= 4 is 12.4 Å². The molecule has 0 aliphatic rings. The Kier molecular flexibility index (Phi) is 2.26. The molecule has 11 heavy (non-hydrogen) atoms. The zero-order valence-electron chi connectivity index (χ0n) is 6.79. The van der Waals surface area contributed by atoms with Crippen molar-refractivity contribution in [2.45, 2.75) is 6.92 Å². The number of rotatable bonds is 2. The topological polar surface area (TPSA) is 21.6 Å². The van der Waals surface area contributed by atoms with Gasteiger partial charge in [-0.2, -0.15) is 0 Å². The number of hydrogen-bond acceptors (Lipinski definition) is 2. The van der Waals surface area contributed by atoms with Gasteiger partial charge in [0.2, 0.25) is 0 Å². The summed E-state index contributed by atoms with van der Waals surface area (Å²) in [6.07, 6.45) is 0. The van der Waals surface area contributed by atoms with Gasteiger partial charge in [-0.15, -0.1) is 0 Å². The fraction of sp³-hybridized carbons (Fsp3) is 0.222. The number of ether oxygens (including phenoxy) is 1. The van der Waals surface area contributed by atoms with Crippen molar-refractivity contribution < 1.29 is 4.74 Å². The summed E-state index contributed by atoms with van der Waals surface area (Å²) in [7, 11) is 1.66. The van der Waals surface area contributed by atoms with Crippen LogP contribution in [0.15, 0.2) is 23.2 Å². The lowest BCUT2D eigenvalue weighted by Gasteiger charge is -2.03. The predicted molar refractivity (Wildman–Crippen MR) is 46.9 cm³/mol. The van der Waals surface area contributed by atoms with E-state index in [1.165, 1.54) is 0 Å². The zero-order chi connectivity index (χ0) is 8.27. The van der Waals surface area contributed by atoms with Crippen LogP contribution in [-0.4, -0.2) is 13.8 Å². The SMILES string of the molecule is C=Nc1ccc(OC)c(C)c1. The molecule has 0 saturated heterocycles. The lowest BCUT2D eigenvalue weighted by molar-refractivity contribution is 0.412. The highest BCUT2D eigenvalue weighted by atomic mass is 16.5. The normalized spacial score (nSPS) is 9.27. The number of aliphatic imine (C=N–C) groups is 1. The van der Waals surface area contributed by atoms with Crippen LogP contribution in [0, 0.1) is 6.92 Å². The Morgan fingerprint density at radius 2 is 2.18 bits per heavy atom. The molecule has 0 saturated carbocycles. The van der Waals surface area contributed by atoms with Crippen molar-refractivity contribution in [2.75, 3.05) is 7.11 Å². The number of hydrogen-bond donors (Lipinski definition) is 0. The van der Waals surface area contributed by atoms with Gasteiger partial charge in [0.15, 0.2) is 0 Å². The van der Waals surface area contributed by atoms with Gasteiger partial charge in [-0.3, -0.25) is 4.99 Å². The van der Waals surface area contributed by atoms with Crippen LogP contribution in [0.5, 0.6) is 5.75 Å². The van der Waals surface area contributed by atoms with Gasteiger partial charge in [-0.1, -0.05) is 0 Å². The van der Waals surface area contributed by atoms with Gasteiger partial charge in [0.25, 0.3) is 0 Å². The summed E-state index contributed by atoms with van der Waals surface area (Å²) < 4.78 is 5.08. The van der Waals surface area contributed by atoms with E-state index in [2.05, 4.69) is 11.7 Å². The molecular weight excluding hydrogens is 138 g/mol. The maximum Gasteiger partial charge on any atom is 0.121 e. The van der Waals surface area contributed by atoms with Crippen molar-refractivity contribution in [2.24, 2.45) is 4.99 Å². The first-order valence-electron chi connectivity index (χ1n) is 3.39. The van der Waals surface area contributed by atoms with E-state index in [1.54, 1.807) is 7.11 Å². The maximum atomic E-state index is 5.08. The second-order valence-electron chi connectivity index (χ2n) is 2.31. The van der Waals surface area contributed by atoms with Gasteiger partial charge in [-0.25, -0.2) is 0 Å². The minimum Gasteiger partial charge on any atom is -0.496 e. The molecule has 0 fully saturated rings. The average molecular weight is 149 g/mol. The summed E-state index contributed by atoms with van der Waals surface area (Å²) in [5.74, 6) is 0.886. The Hall–Kier alpha value is -1.31. The molecule has 2 heteroatoms. The third kappa shape index (κ3) is 1.58. The zero-order valence-corrected chi connectivity index (χ0v) is 6.79. The largest absolute Gasteiger partial charge is 0.496 e. The summed E-state index contributed by atoms with van der Waals surface area (Å²) >= 11 is 0. The van der Waals surface area contributed by atoms with Crippen LogP contribution in [0.25, 0.3) is 0 Å². The fourth-order valence-electron chi connectivity index (χ4n) is 0.961. The molecule has 58 valence electrons. The van der Waals surface area contributed by atoms with Crippen LogP contribution in [0.2, 0.25) is 0 Å². The van der Waals surface area contributed by atoms with E-state index in [1.807, 2.05) is 25.1 Å². The highest BCUT2D eigenvalue weighted by Crippen LogP contribution is 2.22. The van der Waals surface area contributed by atoms with E-state index in [-0.39, 0.29) is 0 Å². The van der Waals surface area contributed by atoms with Gasteiger partial charge in [-0.05, 0) is 37.4 Å². The van der Waals surface area contributed by atoms with Gasteiger partial charge in [0, 0.05) is 0 Å². The van der Waals surface area contributed by atoms with Crippen LogP contribution in [-0.2, 0) is 0 Å². The molecule has 0 aromatic heterocycles. The molecule has 0 amide bonds. The number of methoxy groups -OCH3 is 1. The van der Waals surface area contributed by atoms with Crippen molar-refractivity contribution in [3.05, 3.63) is 23.8 Å². The summed E-state index contributed by atoms with van der Waals surface area (Å²) in [6.45, 7) is 5.42. The Balaban J connectivity index is 3.09. The number of benzene rings is 1. The summed E-state index contributed by atoms with van der Waals surface area (Å²) in [4.78, 5) is 3.80. The Morgan fingerprint density at radius 1 is 1.45 bits per heavy atom. The maximum absolute atomic E-state index is 5.08. The van der Waals surface area contributed by atoms with E-state index < -0.39 is 0 Å². The van der Waals surface area contributed by atoms with E-state index in [0.717, 1.165) is 17.0 Å². The van der Waals surface area contributed by atoms with Crippen LogP contribution >= 0.6 is 0 Å². The van der Waals surface area contributed by atoms with E-state index in [9.17, 15) is 0 Å². The van der Waals surface area contributed by atoms with Gasteiger partial charge < -0.3 is 4.74 Å². The molecular formula is C9H11NO. The minimum atomic E-state index is 0.878. The molecule has 0 atom stereocenters. The minimum absolute atomic E-state index is 0.878. The Labute approximate surface area is 66.5 Å². The van der Waals surface area contributed by atoms with Crippen molar-refractivity contribution in [3.8, 4) is 5.75 Å². The van der Waals surface area contributed by atoms with Crippen LogP contribution in [0.4, 0.5) is 5.69 Å². The average Bonchev–Trinajstić information content (AvgIpc) is 2.04. The fourth-order valence-corrected chi connectivity index (χ4v) is 0.961. The molecule has 0 aliphatic heterocycles. The first-order chi connectivity index (χ1) is 5.27. The molecule has 0 N–H and O–H groups in total. The predicted octanol–water partition coefficient (Wildman–Crippen LogP) is 2.34. The molecule has 1 aromatic rings. The molecule has 0 bridgehead atoms. The monoisotopic (exact) mass is 149 g/mol. The first-order valence-corrected chi connectivity index (χ1v) is 3.39. The third-order valence-electron chi connectivity index (χ3n) is 1.56. The smallest absolute Gasteiger partial charge is 0.121 e. The molecule has 1 aromatic carbocycles. The summed E-state index contributed by atoms with van der Waals surface area (Å²) in [5.41, 5.74) is 1.96. The third-order valence-corrected chi connectivity index (χ3v) is 1.56. The van der Waals surface area contributed by atoms with Crippen molar-refractivity contribution in [1.82, 2.24) is 0 Å². The van der Waals surface area contributed by atoms with Crippen molar-refractivity contribution in [3.63, 3.8) is 0 Å². The highest BCUT2D eigenvalue weighted by Gasteiger charge is 1.96. The summed E-state index contributed by atoms with van der Waals surface area (Å²) in [6, 6.07) is 5.70. The van der Waals surface area contributed by atoms with E-state index >= 15 is 0 Å². The highest BCUT2D eigenvalue weighted by molar-refractivity contribution is 5.50. The first kappa shape index (κ1) is 7.79. The molecule has 0 radical (unpaired) electrons. The molecule has 2 nitrogen and oxygen atoms in total. The van der Waals surface area contributed by atoms with Gasteiger partial charge in [0.1, 0.15) is 5.75 Å². The second kappa shape index (κ2) is 3.19. The molecule has 1 rings (SSSR count). The quantitative estimate of drug-likeness (QED) is 0.591. The lowest BCUT2D eigenvalue weighted by atomic mass is 10.2. The molecule has 0 unspecified atom stereocenters. The molecule has 0 spiro atoms. The van der Waals surface area contributed by atoms with Gasteiger partial charge >= 0.3 is 0 Å². The number of aryl methyl sites for hydroxylation is 1. The number of nitrogens with zero attached hydrogens (tertiary/aromatic N) is 1. The lowest BCUT2D eigenvalue weighted by Crippen LogP contribution is -1.85. The van der Waals surface area contributed by atoms with Crippen molar-refractivity contribution in [1.29, 1.82) is 0 Å². The summed E-state index contributed by atoms with van der Waals surface area (Å²) in [5, 5.41) is 0. The standard InChI is InChI=1S/C9H11NO/c1-7-6-8(10-2)4-5-9(7)11-3/h4-6H,2H2,1,3H3. The molecule has 0 aliphatic carbocycles. The van der Waals surface area contributed by atoms with Gasteiger partial charge in [0.05, 0.1) is 12.8 Å². The van der Waals surface area contributed by atoms with Crippen LogP contribution in [0.3, 0.4) is 0 Å². The van der Waals surface area contributed by atoms with Crippen LogP contribution < -0.4 is 4.74 Å². The van der Waals surface area contributed by atoms with E-state index in [4.69, 9.17) is 4.74 Å². The van der Waals surface area contributed by atoms with Crippen LogP contribution in [0.1, 0.15) is 5.56 Å². The second-order valence-corrected chi connectivity index (χ2v) is 2.31. The Bertz CT molecular complexity index is 268. The van der Waals surface area contributed by atoms with E-state index in [0.29, 0.717) is 0 Å².